The predicted molar refractivity (Wildman–Crippen MR) is 109 cm³/mol. The third-order valence-electron chi connectivity index (χ3n) is 4.29. The number of ketones is 1. The van der Waals surface area contributed by atoms with Crippen LogP contribution in [0.3, 0.4) is 0 Å². The minimum Gasteiger partial charge on any atom is -0.423 e. The molecular weight excluding hydrogens is 376 g/mol. The van der Waals surface area contributed by atoms with Crippen LogP contribution in [0.1, 0.15) is 27.0 Å². The minimum absolute atomic E-state index is 0.0833. The fourth-order valence-electron chi connectivity index (χ4n) is 2.78. The summed E-state index contributed by atoms with van der Waals surface area (Å²) in [4.78, 5) is 16.7. The van der Waals surface area contributed by atoms with Crippen LogP contribution in [0.5, 0.6) is 0 Å². The maximum atomic E-state index is 13.0. The maximum Gasteiger partial charge on any atom is 0.488 e. The highest BCUT2D eigenvalue weighted by molar-refractivity contribution is 7.98. The smallest absolute Gasteiger partial charge is 0.423 e. The first-order valence-electron chi connectivity index (χ1n) is 8.74. The lowest BCUT2D eigenvalue weighted by atomic mass is 9.77. The number of carbonyl (C=O) groups is 1. The van der Waals surface area contributed by atoms with E-state index in [2.05, 4.69) is 4.98 Å². The summed E-state index contributed by atoms with van der Waals surface area (Å²) in [6.07, 6.45) is 1.72. The second kappa shape index (κ2) is 9.14. The molecular formula is C21H19BFNO3S. The number of aryl methyl sites for hydroxylation is 1. The van der Waals surface area contributed by atoms with Gasteiger partial charge in [0.1, 0.15) is 5.82 Å². The Labute approximate surface area is 167 Å². The summed E-state index contributed by atoms with van der Waals surface area (Å²) >= 11 is 1.45. The number of hydrogen-bond acceptors (Lipinski definition) is 5. The Kier molecular flexibility index (Phi) is 6.62. The number of pyridine rings is 1. The summed E-state index contributed by atoms with van der Waals surface area (Å²) in [6, 6.07) is 14.8. The summed E-state index contributed by atoms with van der Waals surface area (Å²) in [5, 5.41) is 19.7. The van der Waals surface area contributed by atoms with Gasteiger partial charge in [-0.05, 0) is 47.8 Å². The first-order chi connectivity index (χ1) is 13.4. The van der Waals surface area contributed by atoms with E-state index in [0.717, 1.165) is 21.7 Å². The van der Waals surface area contributed by atoms with Gasteiger partial charge in [-0.2, -0.15) is 0 Å². The molecule has 0 amide bonds. The van der Waals surface area contributed by atoms with Gasteiger partial charge >= 0.3 is 7.12 Å². The van der Waals surface area contributed by atoms with Crippen LogP contribution in [0.2, 0.25) is 0 Å². The number of thioether (sulfide) groups is 1. The molecule has 0 saturated carbocycles. The van der Waals surface area contributed by atoms with Crippen molar-refractivity contribution in [2.24, 2.45) is 0 Å². The van der Waals surface area contributed by atoms with E-state index in [1.165, 1.54) is 30.1 Å². The number of nitrogens with zero attached hydrogens (tertiary/aromatic N) is 1. The standard InChI is InChI=1S/C21H19BFNO3S/c1-14-2-8-19(22(26)27)17(10-14)13-28-21-9-5-16(12-24-21)20(25)11-15-3-6-18(23)7-4-15/h2-10,12,26-27H,11,13H2,1H3. The molecule has 0 atom stereocenters. The number of rotatable bonds is 7. The molecule has 0 aliphatic carbocycles. The van der Waals surface area contributed by atoms with Crippen molar-refractivity contribution in [3.63, 3.8) is 0 Å². The minimum atomic E-state index is -1.52. The number of carbonyl (C=O) groups excluding carboxylic acids is 1. The van der Waals surface area contributed by atoms with Crippen LogP contribution in [0.15, 0.2) is 65.8 Å². The zero-order chi connectivity index (χ0) is 20.1. The molecule has 28 heavy (non-hydrogen) atoms. The van der Waals surface area contributed by atoms with Gasteiger partial charge in [0, 0.05) is 23.9 Å². The molecule has 0 aliphatic rings. The van der Waals surface area contributed by atoms with E-state index in [4.69, 9.17) is 0 Å². The summed E-state index contributed by atoms with van der Waals surface area (Å²) < 4.78 is 13.0. The zero-order valence-corrected chi connectivity index (χ0v) is 16.1. The highest BCUT2D eigenvalue weighted by Crippen LogP contribution is 2.21. The second-order valence-electron chi connectivity index (χ2n) is 6.48. The molecule has 3 aromatic rings. The second-order valence-corrected chi connectivity index (χ2v) is 7.47. The zero-order valence-electron chi connectivity index (χ0n) is 15.3. The Morgan fingerprint density at radius 3 is 2.50 bits per heavy atom. The Balaban J connectivity index is 1.64. The van der Waals surface area contributed by atoms with Crippen LogP contribution in [0.25, 0.3) is 0 Å². The molecule has 142 valence electrons. The van der Waals surface area contributed by atoms with Crippen molar-refractivity contribution in [3.05, 3.63) is 88.9 Å². The molecule has 4 nitrogen and oxygen atoms in total. The van der Waals surface area contributed by atoms with E-state index in [-0.39, 0.29) is 18.0 Å². The first-order valence-corrected chi connectivity index (χ1v) is 9.73. The van der Waals surface area contributed by atoms with Crippen molar-refractivity contribution < 1.29 is 19.2 Å². The van der Waals surface area contributed by atoms with Gasteiger partial charge in [0.25, 0.3) is 0 Å². The average molecular weight is 395 g/mol. The molecule has 0 radical (unpaired) electrons. The van der Waals surface area contributed by atoms with Crippen molar-refractivity contribution in [2.75, 3.05) is 0 Å². The molecule has 0 spiro atoms. The summed E-state index contributed by atoms with van der Waals surface area (Å²) in [7, 11) is -1.52. The fourth-order valence-corrected chi connectivity index (χ4v) is 3.63. The maximum absolute atomic E-state index is 13.0. The Hall–Kier alpha value is -2.48. The third-order valence-corrected chi connectivity index (χ3v) is 5.28. The van der Waals surface area contributed by atoms with Crippen molar-refractivity contribution in [1.29, 1.82) is 0 Å². The third kappa shape index (κ3) is 5.28. The lowest BCUT2D eigenvalue weighted by Gasteiger charge is -2.10. The van der Waals surface area contributed by atoms with E-state index in [9.17, 15) is 19.2 Å². The van der Waals surface area contributed by atoms with Gasteiger partial charge in [-0.3, -0.25) is 4.79 Å². The normalized spacial score (nSPS) is 10.7. The number of benzene rings is 2. The van der Waals surface area contributed by atoms with E-state index < -0.39 is 7.12 Å². The average Bonchev–Trinajstić information content (AvgIpc) is 2.68. The molecule has 1 heterocycles. The summed E-state index contributed by atoms with van der Waals surface area (Å²) in [6.45, 7) is 1.95. The highest BCUT2D eigenvalue weighted by atomic mass is 32.2. The number of halogens is 1. The van der Waals surface area contributed by atoms with E-state index >= 15 is 0 Å². The van der Waals surface area contributed by atoms with Gasteiger partial charge in [0.15, 0.2) is 5.78 Å². The van der Waals surface area contributed by atoms with Crippen LogP contribution in [-0.2, 0) is 12.2 Å². The Morgan fingerprint density at radius 2 is 1.86 bits per heavy atom. The fraction of sp³-hybridized carbons (Fsp3) is 0.143. The van der Waals surface area contributed by atoms with Gasteiger partial charge in [-0.25, -0.2) is 9.37 Å². The molecule has 1 aromatic heterocycles. The molecule has 0 bridgehead atoms. The van der Waals surface area contributed by atoms with Gasteiger partial charge in [-0.1, -0.05) is 35.9 Å². The first kappa shape index (κ1) is 20.3. The van der Waals surface area contributed by atoms with Gasteiger partial charge in [-0.15, -0.1) is 11.8 Å². The molecule has 0 fully saturated rings. The van der Waals surface area contributed by atoms with Gasteiger partial charge in [0.2, 0.25) is 0 Å². The quantitative estimate of drug-likeness (QED) is 0.366. The lowest BCUT2D eigenvalue weighted by Crippen LogP contribution is -2.32. The molecule has 2 aromatic carbocycles. The molecule has 7 heteroatoms. The number of aromatic nitrogens is 1. The van der Waals surface area contributed by atoms with Crippen LogP contribution in [0, 0.1) is 12.7 Å². The van der Waals surface area contributed by atoms with Gasteiger partial charge < -0.3 is 10.0 Å². The van der Waals surface area contributed by atoms with Gasteiger partial charge in [0.05, 0.1) is 5.03 Å². The predicted octanol–water partition coefficient (Wildman–Crippen LogP) is 2.93. The molecule has 0 unspecified atom stereocenters. The van der Waals surface area contributed by atoms with Crippen molar-refractivity contribution >= 4 is 30.1 Å². The highest BCUT2D eigenvalue weighted by Gasteiger charge is 2.16. The number of Topliss-reactive ketones (excluding diaryl/α,β-unsaturated/α-hetero) is 1. The lowest BCUT2D eigenvalue weighted by molar-refractivity contribution is 0.0992. The van der Waals surface area contributed by atoms with E-state index in [1.807, 2.05) is 19.1 Å². The topological polar surface area (TPSA) is 70.4 Å². The summed E-state index contributed by atoms with van der Waals surface area (Å²) in [5.74, 6) is 0.120. The largest absolute Gasteiger partial charge is 0.488 e. The molecule has 0 saturated heterocycles. The van der Waals surface area contributed by atoms with Crippen LogP contribution in [-0.4, -0.2) is 27.9 Å². The Bertz CT molecular complexity index is 962. The van der Waals surface area contributed by atoms with Crippen LogP contribution >= 0.6 is 11.8 Å². The molecule has 2 N–H and O–H groups in total. The number of hydrogen-bond donors (Lipinski definition) is 2. The Morgan fingerprint density at radius 1 is 1.11 bits per heavy atom. The van der Waals surface area contributed by atoms with E-state index in [1.54, 1.807) is 30.3 Å². The SMILES string of the molecule is Cc1ccc(B(O)O)c(CSc2ccc(C(=O)Cc3ccc(F)cc3)cn2)c1. The monoisotopic (exact) mass is 395 g/mol. The van der Waals surface area contributed by atoms with Crippen LogP contribution < -0.4 is 5.46 Å². The van der Waals surface area contributed by atoms with E-state index in [0.29, 0.717) is 16.8 Å². The van der Waals surface area contributed by atoms with Crippen LogP contribution in [0.4, 0.5) is 4.39 Å². The van der Waals surface area contributed by atoms with Crippen molar-refractivity contribution in [1.82, 2.24) is 4.98 Å². The molecule has 0 aliphatic heterocycles. The van der Waals surface area contributed by atoms with Crippen molar-refractivity contribution in [3.8, 4) is 0 Å². The molecule has 3 rings (SSSR count). The summed E-state index contributed by atoms with van der Waals surface area (Å²) in [5.41, 5.74) is 3.59. The van der Waals surface area contributed by atoms with Crippen molar-refractivity contribution in [2.45, 2.75) is 24.1 Å².